The van der Waals surface area contributed by atoms with Gasteiger partial charge >= 0.3 is 0 Å². The fourth-order valence-corrected chi connectivity index (χ4v) is 1.66. The second-order valence-corrected chi connectivity index (χ2v) is 4.06. The molecule has 0 heterocycles. The third-order valence-corrected chi connectivity index (χ3v) is 2.72. The molecule has 2 aromatic carbocycles. The maximum Gasteiger partial charge on any atom is 0.129 e. The Morgan fingerprint density at radius 1 is 1.11 bits per heavy atom. The summed E-state index contributed by atoms with van der Waals surface area (Å²) in [4.78, 5) is 0. The summed E-state index contributed by atoms with van der Waals surface area (Å²) in [5.74, 6) is 1.21. The molecule has 0 aliphatic heterocycles. The van der Waals surface area contributed by atoms with Crippen LogP contribution < -0.4 is 4.74 Å². The van der Waals surface area contributed by atoms with Crippen LogP contribution in [0.1, 0.15) is 11.1 Å². The lowest BCUT2D eigenvalue weighted by Crippen LogP contribution is -1.87. The number of ether oxygens (including phenoxy) is 1. The minimum atomic E-state index is 0.00295. The van der Waals surface area contributed by atoms with Gasteiger partial charge in [-0.1, -0.05) is 23.7 Å². The quantitative estimate of drug-likeness (QED) is 0.918. The summed E-state index contributed by atoms with van der Waals surface area (Å²) in [5.41, 5.74) is 1.24. The van der Waals surface area contributed by atoms with Gasteiger partial charge in [0.15, 0.2) is 0 Å². The molecule has 0 fully saturated rings. The Bertz CT molecular complexity index is 588. The van der Waals surface area contributed by atoms with Gasteiger partial charge in [0.1, 0.15) is 17.6 Å². The van der Waals surface area contributed by atoms with Crippen molar-refractivity contribution in [3.8, 4) is 17.6 Å². The van der Waals surface area contributed by atoms with Crippen molar-refractivity contribution in [2.45, 2.75) is 6.61 Å². The van der Waals surface area contributed by atoms with Crippen LogP contribution in [0.3, 0.4) is 0 Å². The zero-order valence-corrected chi connectivity index (χ0v) is 10.2. The third kappa shape index (κ3) is 2.80. The summed E-state index contributed by atoms with van der Waals surface area (Å²) < 4.78 is 5.58. The van der Waals surface area contributed by atoms with Crippen LogP contribution in [0.4, 0.5) is 0 Å². The van der Waals surface area contributed by atoms with Crippen LogP contribution in [0.2, 0.25) is 5.02 Å². The summed E-state index contributed by atoms with van der Waals surface area (Å²) in [5, 5.41) is 18.0. The van der Waals surface area contributed by atoms with Gasteiger partial charge in [-0.2, -0.15) is 5.26 Å². The van der Waals surface area contributed by atoms with Gasteiger partial charge in [0.25, 0.3) is 0 Å². The molecule has 0 saturated heterocycles. The number of benzene rings is 2. The smallest absolute Gasteiger partial charge is 0.129 e. The Balaban J connectivity index is 2.18. The Kier molecular flexibility index (Phi) is 3.83. The van der Waals surface area contributed by atoms with E-state index in [9.17, 15) is 0 Å². The molecular weight excluding hydrogens is 250 g/mol. The number of aliphatic hydroxyl groups excluding tert-OH is 1. The van der Waals surface area contributed by atoms with Crippen molar-refractivity contribution in [2.75, 3.05) is 0 Å². The molecule has 0 unspecified atom stereocenters. The summed E-state index contributed by atoms with van der Waals surface area (Å²) >= 11 is 5.91. The molecular formula is C14H10ClNO2. The van der Waals surface area contributed by atoms with Gasteiger partial charge in [-0.3, -0.25) is 0 Å². The molecule has 0 aromatic heterocycles. The Hall–Kier alpha value is -2.02. The van der Waals surface area contributed by atoms with Gasteiger partial charge in [-0.25, -0.2) is 0 Å². The van der Waals surface area contributed by atoms with E-state index in [0.717, 1.165) is 5.56 Å². The Morgan fingerprint density at radius 3 is 2.33 bits per heavy atom. The van der Waals surface area contributed by atoms with E-state index in [0.29, 0.717) is 22.1 Å². The Morgan fingerprint density at radius 2 is 1.78 bits per heavy atom. The van der Waals surface area contributed by atoms with E-state index in [2.05, 4.69) is 0 Å². The Labute approximate surface area is 110 Å². The zero-order valence-electron chi connectivity index (χ0n) is 9.43. The van der Waals surface area contributed by atoms with E-state index >= 15 is 0 Å². The van der Waals surface area contributed by atoms with Crippen LogP contribution in [-0.2, 0) is 6.61 Å². The number of nitriles is 1. The largest absolute Gasteiger partial charge is 0.457 e. The maximum absolute atomic E-state index is 8.92. The van der Waals surface area contributed by atoms with Crippen molar-refractivity contribution >= 4 is 11.6 Å². The minimum absolute atomic E-state index is 0.00295. The number of halogens is 1. The highest BCUT2D eigenvalue weighted by Gasteiger charge is 2.03. The van der Waals surface area contributed by atoms with Crippen molar-refractivity contribution in [1.29, 1.82) is 5.26 Å². The molecule has 0 amide bonds. The lowest BCUT2D eigenvalue weighted by Gasteiger charge is -2.07. The number of hydrogen-bond donors (Lipinski definition) is 1. The lowest BCUT2D eigenvalue weighted by molar-refractivity contribution is 0.281. The highest BCUT2D eigenvalue weighted by molar-refractivity contribution is 6.31. The summed E-state index contributed by atoms with van der Waals surface area (Å²) in [6.07, 6.45) is 0. The van der Waals surface area contributed by atoms with Gasteiger partial charge in [-0.05, 0) is 29.8 Å². The fraction of sp³-hybridized carbons (Fsp3) is 0.0714. The molecule has 18 heavy (non-hydrogen) atoms. The third-order valence-electron chi connectivity index (χ3n) is 2.40. The van der Waals surface area contributed by atoms with Crippen LogP contribution in [0, 0.1) is 11.3 Å². The average molecular weight is 260 g/mol. The second-order valence-electron chi connectivity index (χ2n) is 3.66. The molecule has 2 rings (SSSR count). The normalized spacial score (nSPS) is 9.83. The molecule has 0 saturated carbocycles. The molecule has 0 aliphatic rings. The number of rotatable bonds is 3. The van der Waals surface area contributed by atoms with E-state index in [1.165, 1.54) is 0 Å². The van der Waals surface area contributed by atoms with E-state index in [4.69, 9.17) is 26.7 Å². The first-order chi connectivity index (χ1) is 8.72. The SMILES string of the molecule is N#Cc1ccc(Oc2ccc(CO)cc2)cc1Cl. The summed E-state index contributed by atoms with van der Waals surface area (Å²) in [7, 11) is 0. The molecule has 0 aliphatic carbocycles. The maximum atomic E-state index is 8.92. The summed E-state index contributed by atoms with van der Waals surface area (Å²) in [6.45, 7) is 0.00295. The van der Waals surface area contributed by atoms with Crippen molar-refractivity contribution < 1.29 is 9.84 Å². The standard InChI is InChI=1S/C14H10ClNO2/c15-14-7-13(6-3-11(14)8-16)18-12-4-1-10(9-17)2-5-12/h1-7,17H,9H2. The number of nitrogens with zero attached hydrogens (tertiary/aromatic N) is 1. The topological polar surface area (TPSA) is 53.2 Å². The second kappa shape index (κ2) is 5.54. The molecule has 3 nitrogen and oxygen atoms in total. The molecule has 0 bridgehead atoms. The van der Waals surface area contributed by atoms with Gasteiger partial charge in [0.2, 0.25) is 0 Å². The van der Waals surface area contributed by atoms with E-state index in [1.807, 2.05) is 6.07 Å². The first-order valence-electron chi connectivity index (χ1n) is 5.30. The van der Waals surface area contributed by atoms with Gasteiger partial charge in [0, 0.05) is 6.07 Å². The van der Waals surface area contributed by atoms with Crippen molar-refractivity contribution in [1.82, 2.24) is 0 Å². The molecule has 0 atom stereocenters. The predicted octanol–water partition coefficient (Wildman–Crippen LogP) is 3.50. The van der Waals surface area contributed by atoms with E-state index < -0.39 is 0 Å². The van der Waals surface area contributed by atoms with Crippen LogP contribution >= 0.6 is 11.6 Å². The highest BCUT2D eigenvalue weighted by atomic mass is 35.5. The van der Waals surface area contributed by atoms with Gasteiger partial charge < -0.3 is 9.84 Å². The monoisotopic (exact) mass is 259 g/mol. The average Bonchev–Trinajstić information content (AvgIpc) is 2.40. The highest BCUT2D eigenvalue weighted by Crippen LogP contribution is 2.26. The molecule has 2 aromatic rings. The van der Waals surface area contributed by atoms with Crippen molar-refractivity contribution in [3.63, 3.8) is 0 Å². The van der Waals surface area contributed by atoms with Gasteiger partial charge in [-0.15, -0.1) is 0 Å². The fourth-order valence-electron chi connectivity index (χ4n) is 1.45. The first-order valence-corrected chi connectivity index (χ1v) is 5.68. The minimum Gasteiger partial charge on any atom is -0.457 e. The molecule has 1 N–H and O–H groups in total. The van der Waals surface area contributed by atoms with Crippen LogP contribution in [0.25, 0.3) is 0 Å². The zero-order chi connectivity index (χ0) is 13.0. The molecule has 90 valence electrons. The van der Waals surface area contributed by atoms with E-state index in [1.54, 1.807) is 42.5 Å². The van der Waals surface area contributed by atoms with E-state index in [-0.39, 0.29) is 6.61 Å². The van der Waals surface area contributed by atoms with Gasteiger partial charge in [0.05, 0.1) is 17.2 Å². The molecule has 4 heteroatoms. The lowest BCUT2D eigenvalue weighted by atomic mass is 10.2. The van der Waals surface area contributed by atoms with Crippen molar-refractivity contribution in [3.05, 3.63) is 58.6 Å². The van der Waals surface area contributed by atoms with Crippen molar-refractivity contribution in [2.24, 2.45) is 0 Å². The van der Waals surface area contributed by atoms with Crippen LogP contribution in [0.5, 0.6) is 11.5 Å². The predicted molar refractivity (Wildman–Crippen MR) is 68.6 cm³/mol. The molecule has 0 spiro atoms. The first kappa shape index (κ1) is 12.4. The summed E-state index contributed by atoms with van der Waals surface area (Å²) in [6, 6.07) is 14.0. The van der Waals surface area contributed by atoms with Crippen LogP contribution in [0.15, 0.2) is 42.5 Å². The van der Waals surface area contributed by atoms with Crippen LogP contribution in [-0.4, -0.2) is 5.11 Å². The number of hydrogen-bond acceptors (Lipinski definition) is 3. The molecule has 0 radical (unpaired) electrons. The number of aliphatic hydroxyl groups is 1.